The van der Waals surface area contributed by atoms with Gasteiger partial charge in [0.2, 0.25) is 0 Å². The lowest BCUT2D eigenvalue weighted by Gasteiger charge is -2.36. The van der Waals surface area contributed by atoms with Crippen LogP contribution in [0.3, 0.4) is 0 Å². The van der Waals surface area contributed by atoms with Gasteiger partial charge in [-0.15, -0.1) is 11.3 Å². The Balaban J connectivity index is 1.82. The number of rotatable bonds is 6. The van der Waals surface area contributed by atoms with E-state index in [2.05, 4.69) is 39.9 Å². The highest BCUT2D eigenvalue weighted by atomic mass is 32.1. The fraction of sp³-hybridized carbons (Fsp3) is 0.391. The predicted molar refractivity (Wildman–Crippen MR) is 120 cm³/mol. The van der Waals surface area contributed by atoms with Crippen LogP contribution in [-0.2, 0) is 23.8 Å². The van der Waals surface area contributed by atoms with Crippen molar-refractivity contribution in [1.82, 2.24) is 0 Å². The fourth-order valence-electron chi connectivity index (χ4n) is 2.77. The summed E-state index contributed by atoms with van der Waals surface area (Å²) in [5.74, 6) is 0.743. The Bertz CT molecular complexity index is 1000. The highest BCUT2D eigenvalue weighted by molar-refractivity contribution is 7.17. The summed E-state index contributed by atoms with van der Waals surface area (Å²) in [6.07, 6.45) is -4.34. The summed E-state index contributed by atoms with van der Waals surface area (Å²) >= 11 is 1.63. The Morgan fingerprint density at radius 3 is 2.17 bits per heavy atom. The summed E-state index contributed by atoms with van der Waals surface area (Å²) in [5, 5.41) is 3.11. The molecular weight excluding hydrogens is 425 g/mol. The van der Waals surface area contributed by atoms with Crippen LogP contribution in [0.1, 0.15) is 37.5 Å². The van der Waals surface area contributed by atoms with Crippen molar-refractivity contribution in [1.29, 1.82) is 0 Å². The maximum absolute atomic E-state index is 12.8. The van der Waals surface area contributed by atoms with Crippen molar-refractivity contribution >= 4 is 29.7 Å². The summed E-state index contributed by atoms with van der Waals surface area (Å²) in [5.41, 5.74) is 0.985. The number of ether oxygens (including phenoxy) is 1. The molecule has 3 aromatic rings. The Kier molecular flexibility index (Phi) is 6.37. The number of alkyl halides is 3. The zero-order valence-corrected chi connectivity index (χ0v) is 19.7. The first-order chi connectivity index (χ1) is 13.9. The quantitative estimate of drug-likeness (QED) is 0.353. The van der Waals surface area contributed by atoms with E-state index in [1.54, 1.807) is 11.3 Å². The molecule has 0 saturated heterocycles. The molecule has 0 spiro atoms. The number of hydrogen-bond donors (Lipinski definition) is 0. The number of thiophene rings is 1. The van der Waals surface area contributed by atoms with Crippen LogP contribution >= 0.6 is 11.3 Å². The third-order valence-corrected chi connectivity index (χ3v) is 11.1. The first-order valence-corrected chi connectivity index (χ1v) is 13.6. The zero-order chi connectivity index (χ0) is 22.2. The first-order valence-electron chi connectivity index (χ1n) is 9.80. The van der Waals surface area contributed by atoms with Crippen molar-refractivity contribution in [3.8, 4) is 5.75 Å². The van der Waals surface area contributed by atoms with Crippen LogP contribution in [0, 0.1) is 0 Å². The minimum absolute atomic E-state index is 0.0979. The van der Waals surface area contributed by atoms with Gasteiger partial charge in [-0.05, 0) is 53.3 Å². The van der Waals surface area contributed by atoms with Crippen LogP contribution < -0.4 is 4.74 Å². The topological polar surface area (TPSA) is 18.5 Å². The first kappa shape index (κ1) is 22.8. The summed E-state index contributed by atoms with van der Waals surface area (Å²) in [6.45, 7) is 11.7. The molecule has 0 aliphatic heterocycles. The minimum atomic E-state index is -4.34. The van der Waals surface area contributed by atoms with E-state index < -0.39 is 20.1 Å². The van der Waals surface area contributed by atoms with Crippen LogP contribution in [0.4, 0.5) is 13.2 Å². The molecule has 0 amide bonds. The highest BCUT2D eigenvalue weighted by Crippen LogP contribution is 2.39. The largest absolute Gasteiger partial charge is 0.488 e. The summed E-state index contributed by atoms with van der Waals surface area (Å²) in [7, 11) is -1.93. The molecule has 0 unspecified atom stereocenters. The maximum Gasteiger partial charge on any atom is 0.416 e. The van der Waals surface area contributed by atoms with Crippen molar-refractivity contribution in [2.75, 3.05) is 0 Å². The molecule has 0 atom stereocenters. The average Bonchev–Trinajstić information content (AvgIpc) is 3.12. The molecule has 3 rings (SSSR count). The van der Waals surface area contributed by atoms with Gasteiger partial charge < -0.3 is 9.16 Å². The predicted octanol–water partition coefficient (Wildman–Crippen LogP) is 8.02. The molecule has 0 fully saturated rings. The zero-order valence-electron chi connectivity index (χ0n) is 17.9. The van der Waals surface area contributed by atoms with Crippen LogP contribution in [0.2, 0.25) is 18.1 Å². The van der Waals surface area contributed by atoms with E-state index in [4.69, 9.17) is 9.16 Å². The number of fused-ring (bicyclic) bond motifs is 1. The molecule has 0 aliphatic rings. The van der Waals surface area contributed by atoms with Gasteiger partial charge in [-0.2, -0.15) is 13.2 Å². The SMILES string of the molecule is CC(C)(C)[Si](C)(C)OCc1ccc2sccc2c1OCc1ccc(C(F)(F)F)cc1. The van der Waals surface area contributed by atoms with Crippen LogP contribution in [0.25, 0.3) is 10.1 Å². The molecule has 0 bridgehead atoms. The van der Waals surface area contributed by atoms with E-state index in [0.717, 1.165) is 33.5 Å². The summed E-state index contributed by atoms with van der Waals surface area (Å²) in [6, 6.07) is 11.2. The van der Waals surface area contributed by atoms with Gasteiger partial charge >= 0.3 is 6.18 Å². The molecule has 2 nitrogen and oxygen atoms in total. The number of benzene rings is 2. The molecule has 0 N–H and O–H groups in total. The minimum Gasteiger partial charge on any atom is -0.488 e. The molecule has 0 radical (unpaired) electrons. The van der Waals surface area contributed by atoms with Gasteiger partial charge in [0.25, 0.3) is 0 Å². The van der Waals surface area contributed by atoms with E-state index in [1.165, 1.54) is 12.1 Å². The normalized spacial score (nSPS) is 13.1. The van der Waals surface area contributed by atoms with Gasteiger partial charge in [-0.3, -0.25) is 0 Å². The Labute approximate surface area is 180 Å². The van der Waals surface area contributed by atoms with Gasteiger partial charge in [0.15, 0.2) is 8.32 Å². The van der Waals surface area contributed by atoms with Crippen LogP contribution in [-0.4, -0.2) is 8.32 Å². The van der Waals surface area contributed by atoms with E-state index in [1.807, 2.05) is 17.5 Å². The third-order valence-electron chi connectivity index (χ3n) is 5.73. The molecule has 7 heteroatoms. The molecule has 2 aromatic carbocycles. The molecule has 162 valence electrons. The lowest BCUT2D eigenvalue weighted by Crippen LogP contribution is -2.40. The van der Waals surface area contributed by atoms with Gasteiger partial charge in [-0.25, -0.2) is 0 Å². The second-order valence-electron chi connectivity index (χ2n) is 8.92. The van der Waals surface area contributed by atoms with E-state index in [-0.39, 0.29) is 11.6 Å². The van der Waals surface area contributed by atoms with Gasteiger partial charge in [-0.1, -0.05) is 39.0 Å². The van der Waals surface area contributed by atoms with Crippen LogP contribution in [0.5, 0.6) is 5.75 Å². The Morgan fingerprint density at radius 2 is 1.57 bits per heavy atom. The maximum atomic E-state index is 12.8. The van der Waals surface area contributed by atoms with Gasteiger partial charge in [0.05, 0.1) is 12.2 Å². The number of halogens is 3. The Morgan fingerprint density at radius 1 is 0.900 bits per heavy atom. The van der Waals surface area contributed by atoms with E-state index in [9.17, 15) is 13.2 Å². The molecule has 0 saturated carbocycles. The molecule has 0 aliphatic carbocycles. The van der Waals surface area contributed by atoms with E-state index >= 15 is 0 Å². The van der Waals surface area contributed by atoms with Gasteiger partial charge in [0.1, 0.15) is 12.4 Å². The lowest BCUT2D eigenvalue weighted by molar-refractivity contribution is -0.137. The van der Waals surface area contributed by atoms with E-state index in [0.29, 0.717) is 12.2 Å². The van der Waals surface area contributed by atoms with Gasteiger partial charge in [0, 0.05) is 15.6 Å². The molecular formula is C23H27F3O2SSi. The summed E-state index contributed by atoms with van der Waals surface area (Å²) < 4.78 is 52.0. The lowest BCUT2D eigenvalue weighted by atomic mass is 10.1. The summed E-state index contributed by atoms with van der Waals surface area (Å²) in [4.78, 5) is 0. The molecule has 1 heterocycles. The fourth-order valence-corrected chi connectivity index (χ4v) is 4.50. The number of hydrogen-bond acceptors (Lipinski definition) is 3. The van der Waals surface area contributed by atoms with Crippen molar-refractivity contribution in [3.05, 3.63) is 64.5 Å². The second-order valence-corrected chi connectivity index (χ2v) is 14.7. The standard InChI is InChI=1S/C23H27F3O2SSi/c1-22(2,3)30(4,5)28-15-17-8-11-20-19(12-13-29-20)21(17)27-14-16-6-9-18(10-7-16)23(24,25)26/h6-13H,14-15H2,1-5H3. The van der Waals surface area contributed by atoms with Crippen molar-refractivity contribution in [2.45, 2.75) is 58.3 Å². The molecule has 1 aromatic heterocycles. The van der Waals surface area contributed by atoms with Crippen molar-refractivity contribution < 1.29 is 22.3 Å². The smallest absolute Gasteiger partial charge is 0.416 e. The third kappa shape index (κ3) is 5.07. The second kappa shape index (κ2) is 8.36. The van der Waals surface area contributed by atoms with Crippen molar-refractivity contribution in [2.24, 2.45) is 0 Å². The van der Waals surface area contributed by atoms with Crippen LogP contribution in [0.15, 0.2) is 47.8 Å². The highest BCUT2D eigenvalue weighted by Gasteiger charge is 2.37. The molecule has 30 heavy (non-hydrogen) atoms. The Hall–Kier alpha value is -1.83. The average molecular weight is 453 g/mol. The monoisotopic (exact) mass is 452 g/mol. The van der Waals surface area contributed by atoms with Crippen molar-refractivity contribution in [3.63, 3.8) is 0 Å².